The third-order valence-electron chi connectivity index (χ3n) is 5.19. The molecule has 1 unspecified atom stereocenters. The summed E-state index contributed by atoms with van der Waals surface area (Å²) in [5.74, 6) is 1.46. The van der Waals surface area contributed by atoms with Crippen LogP contribution in [-0.2, 0) is 9.31 Å². The second kappa shape index (κ2) is 2.79. The summed E-state index contributed by atoms with van der Waals surface area (Å²) in [6, 6.07) is 0. The van der Waals surface area contributed by atoms with Gasteiger partial charge in [0.1, 0.15) is 0 Å². The van der Waals surface area contributed by atoms with Gasteiger partial charge in [-0.1, -0.05) is 13.8 Å². The molecule has 1 aliphatic heterocycles. The van der Waals surface area contributed by atoms with Crippen LogP contribution >= 0.6 is 0 Å². The molecule has 3 saturated carbocycles. The minimum Gasteiger partial charge on any atom is -0.405 e. The number of hydrogen-bond donors (Lipinski definition) is 1. The molecule has 2 N–H and O–H groups in total. The molecule has 0 spiro atoms. The SMILES string of the molecule is CC1(C)C2C[C@H]3OB(CN)O[C@@]3(C)[C@H]1C2. The fourth-order valence-corrected chi connectivity index (χ4v) is 4.05. The van der Waals surface area contributed by atoms with Crippen LogP contribution in [-0.4, -0.2) is 25.3 Å². The van der Waals surface area contributed by atoms with Crippen molar-refractivity contribution in [2.75, 3.05) is 6.44 Å². The van der Waals surface area contributed by atoms with E-state index in [-0.39, 0.29) is 18.8 Å². The molecular formula is C11H20BNO2. The topological polar surface area (TPSA) is 44.5 Å². The van der Waals surface area contributed by atoms with Gasteiger partial charge in [0, 0.05) is 6.44 Å². The molecule has 0 aromatic carbocycles. The van der Waals surface area contributed by atoms with Crippen molar-refractivity contribution in [2.24, 2.45) is 23.0 Å². The smallest absolute Gasteiger partial charge is 0.405 e. The zero-order valence-electron chi connectivity index (χ0n) is 9.82. The Bertz CT molecular complexity index is 296. The summed E-state index contributed by atoms with van der Waals surface area (Å²) in [7, 11) is -0.171. The van der Waals surface area contributed by atoms with Gasteiger partial charge in [-0.25, -0.2) is 0 Å². The molecule has 15 heavy (non-hydrogen) atoms. The van der Waals surface area contributed by atoms with Gasteiger partial charge in [0.15, 0.2) is 0 Å². The average Bonchev–Trinajstić information content (AvgIpc) is 2.53. The molecular weight excluding hydrogens is 189 g/mol. The van der Waals surface area contributed by atoms with E-state index in [1.165, 1.54) is 6.42 Å². The van der Waals surface area contributed by atoms with Gasteiger partial charge >= 0.3 is 7.12 Å². The number of nitrogens with two attached hydrogens (primary N) is 1. The van der Waals surface area contributed by atoms with E-state index in [1.807, 2.05) is 0 Å². The second-order valence-electron chi connectivity index (χ2n) is 6.13. The van der Waals surface area contributed by atoms with Crippen molar-refractivity contribution in [2.45, 2.75) is 45.3 Å². The number of rotatable bonds is 1. The Morgan fingerprint density at radius 2 is 2.07 bits per heavy atom. The molecule has 1 heterocycles. The van der Waals surface area contributed by atoms with Crippen LogP contribution < -0.4 is 5.73 Å². The molecule has 2 bridgehead atoms. The van der Waals surface area contributed by atoms with Gasteiger partial charge in [-0.15, -0.1) is 0 Å². The Morgan fingerprint density at radius 3 is 2.67 bits per heavy atom. The zero-order valence-corrected chi connectivity index (χ0v) is 9.82. The predicted molar refractivity (Wildman–Crippen MR) is 59.2 cm³/mol. The minimum atomic E-state index is -0.171. The van der Waals surface area contributed by atoms with Gasteiger partial charge in [0.2, 0.25) is 0 Å². The Morgan fingerprint density at radius 1 is 1.33 bits per heavy atom. The van der Waals surface area contributed by atoms with Crippen molar-refractivity contribution < 1.29 is 9.31 Å². The van der Waals surface area contributed by atoms with Crippen molar-refractivity contribution in [3.05, 3.63) is 0 Å². The lowest BCUT2D eigenvalue weighted by Crippen LogP contribution is -2.65. The molecule has 0 aromatic heterocycles. The molecule has 4 heteroatoms. The van der Waals surface area contributed by atoms with Gasteiger partial charge in [-0.2, -0.15) is 0 Å². The molecule has 4 rings (SSSR count). The van der Waals surface area contributed by atoms with Crippen molar-refractivity contribution >= 4 is 7.12 Å². The first kappa shape index (κ1) is 10.1. The fraction of sp³-hybridized carbons (Fsp3) is 1.00. The highest BCUT2D eigenvalue weighted by atomic mass is 16.7. The maximum absolute atomic E-state index is 6.04. The van der Waals surface area contributed by atoms with Gasteiger partial charge < -0.3 is 15.0 Å². The maximum atomic E-state index is 6.04. The van der Waals surface area contributed by atoms with Gasteiger partial charge in [0.05, 0.1) is 11.7 Å². The molecule has 4 aliphatic rings. The van der Waals surface area contributed by atoms with E-state index in [1.54, 1.807) is 0 Å². The van der Waals surface area contributed by atoms with Crippen molar-refractivity contribution in [1.82, 2.24) is 0 Å². The van der Waals surface area contributed by atoms with Crippen LogP contribution in [0.1, 0.15) is 33.6 Å². The Labute approximate surface area is 91.8 Å². The molecule has 0 amide bonds. The Kier molecular flexibility index (Phi) is 1.88. The van der Waals surface area contributed by atoms with Crippen LogP contribution in [0, 0.1) is 17.3 Å². The third kappa shape index (κ3) is 1.08. The van der Waals surface area contributed by atoms with Crippen molar-refractivity contribution in [1.29, 1.82) is 0 Å². The fourth-order valence-electron chi connectivity index (χ4n) is 4.05. The van der Waals surface area contributed by atoms with E-state index in [9.17, 15) is 0 Å². The van der Waals surface area contributed by atoms with E-state index >= 15 is 0 Å². The largest absolute Gasteiger partial charge is 0.472 e. The maximum Gasteiger partial charge on any atom is 0.472 e. The van der Waals surface area contributed by atoms with Crippen LogP contribution in [0.5, 0.6) is 0 Å². The van der Waals surface area contributed by atoms with Crippen LogP contribution in [0.4, 0.5) is 0 Å². The van der Waals surface area contributed by atoms with E-state index in [2.05, 4.69) is 20.8 Å². The molecule has 84 valence electrons. The average molecular weight is 209 g/mol. The molecule has 3 aliphatic carbocycles. The van der Waals surface area contributed by atoms with E-state index in [4.69, 9.17) is 15.0 Å². The predicted octanol–water partition coefficient (Wildman–Crippen LogP) is 1.21. The Hall–Kier alpha value is -0.0551. The monoisotopic (exact) mass is 209 g/mol. The molecule has 1 saturated heterocycles. The van der Waals surface area contributed by atoms with Crippen molar-refractivity contribution in [3.63, 3.8) is 0 Å². The van der Waals surface area contributed by atoms with E-state index < -0.39 is 0 Å². The van der Waals surface area contributed by atoms with E-state index in [0.29, 0.717) is 17.8 Å². The van der Waals surface area contributed by atoms with Crippen LogP contribution in [0.25, 0.3) is 0 Å². The normalized spacial score (nSPS) is 51.2. The second-order valence-corrected chi connectivity index (χ2v) is 6.13. The molecule has 4 atom stereocenters. The summed E-state index contributed by atoms with van der Waals surface area (Å²) in [5.41, 5.74) is 5.97. The van der Waals surface area contributed by atoms with E-state index in [0.717, 1.165) is 12.3 Å². The summed E-state index contributed by atoms with van der Waals surface area (Å²) in [6.07, 6.45) is 3.21. The lowest BCUT2D eigenvalue weighted by Gasteiger charge is -2.64. The highest BCUT2D eigenvalue weighted by molar-refractivity contribution is 6.45. The number of hydrogen-bond acceptors (Lipinski definition) is 3. The molecule has 3 nitrogen and oxygen atoms in total. The van der Waals surface area contributed by atoms with Gasteiger partial charge in [-0.05, 0) is 37.0 Å². The quantitative estimate of drug-likeness (QED) is 0.660. The molecule has 4 fully saturated rings. The van der Waals surface area contributed by atoms with Crippen LogP contribution in [0.2, 0.25) is 0 Å². The summed E-state index contributed by atoms with van der Waals surface area (Å²) < 4.78 is 11.9. The minimum absolute atomic E-state index is 0.0811. The molecule has 0 aromatic rings. The summed E-state index contributed by atoms with van der Waals surface area (Å²) in [5, 5.41) is 0. The first-order valence-corrected chi connectivity index (χ1v) is 6.02. The van der Waals surface area contributed by atoms with Crippen molar-refractivity contribution in [3.8, 4) is 0 Å². The first-order valence-electron chi connectivity index (χ1n) is 6.02. The van der Waals surface area contributed by atoms with Gasteiger partial charge in [0.25, 0.3) is 0 Å². The summed E-state index contributed by atoms with van der Waals surface area (Å²) >= 11 is 0. The summed E-state index contributed by atoms with van der Waals surface area (Å²) in [4.78, 5) is 0. The standard InChI is InChI=1S/C11H20BNO2/c1-10(2)7-4-8(10)11(3)9(5-7)14-12(6-13)15-11/h7-9H,4-6,13H2,1-3H3/t7?,8-,9+,11-/m0/s1. The highest BCUT2D eigenvalue weighted by Crippen LogP contribution is 2.65. The Balaban J connectivity index is 1.89. The third-order valence-corrected chi connectivity index (χ3v) is 5.19. The summed E-state index contributed by atoms with van der Waals surface area (Å²) in [6.45, 7) is 6.95. The molecule has 0 radical (unpaired) electrons. The van der Waals surface area contributed by atoms with Crippen LogP contribution in [0.3, 0.4) is 0 Å². The van der Waals surface area contributed by atoms with Crippen LogP contribution in [0.15, 0.2) is 0 Å². The highest BCUT2D eigenvalue weighted by Gasteiger charge is 2.67. The first-order chi connectivity index (χ1) is 6.98. The van der Waals surface area contributed by atoms with Gasteiger partial charge in [-0.3, -0.25) is 0 Å². The lowest BCUT2D eigenvalue weighted by molar-refractivity contribution is -0.199. The lowest BCUT2D eigenvalue weighted by atomic mass is 9.43. The zero-order chi connectivity index (χ0) is 10.8.